The van der Waals surface area contributed by atoms with Gasteiger partial charge in [0.2, 0.25) is 0 Å². The maximum atomic E-state index is 11.6. The summed E-state index contributed by atoms with van der Waals surface area (Å²) in [7, 11) is -3.04. The first-order valence-electron chi connectivity index (χ1n) is 7.38. The molecule has 0 heterocycles. The summed E-state index contributed by atoms with van der Waals surface area (Å²) in [5, 5.41) is 18.8. The van der Waals surface area contributed by atoms with E-state index in [9.17, 15) is 18.1 Å². The van der Waals surface area contributed by atoms with Crippen LogP contribution in [0.3, 0.4) is 0 Å². The third kappa shape index (κ3) is 3.30. The van der Waals surface area contributed by atoms with E-state index in [-0.39, 0.29) is 11.1 Å². The number of phenols is 1. The van der Waals surface area contributed by atoms with Crippen molar-refractivity contribution in [2.24, 2.45) is 10.2 Å². The van der Waals surface area contributed by atoms with Gasteiger partial charge in [0.05, 0.1) is 18.5 Å². The van der Waals surface area contributed by atoms with Crippen molar-refractivity contribution in [2.75, 3.05) is 12.8 Å². The van der Waals surface area contributed by atoms with Gasteiger partial charge in [0.1, 0.15) is 22.1 Å². The molecule has 0 fully saturated rings. The Bertz CT molecular complexity index is 1130. The Balaban J connectivity index is 2.16. The molecule has 0 aliphatic heterocycles. The molecule has 0 unspecified atom stereocenters. The third-order valence-corrected chi connectivity index (χ3v) is 4.61. The first-order valence-corrected chi connectivity index (χ1v) is 8.82. The van der Waals surface area contributed by atoms with Crippen LogP contribution in [-0.4, -0.2) is 25.2 Å². The molecular formula is C17H15N3O5S. The molecule has 0 radical (unpaired) electrons. The molecule has 3 aromatic carbocycles. The van der Waals surface area contributed by atoms with E-state index >= 15 is 0 Å². The second-order valence-electron chi connectivity index (χ2n) is 5.39. The number of nitrogen functional groups attached to an aromatic ring is 1. The van der Waals surface area contributed by atoms with Gasteiger partial charge in [-0.15, -0.1) is 5.11 Å². The normalized spacial score (nSPS) is 11.9. The van der Waals surface area contributed by atoms with Crippen molar-refractivity contribution in [1.29, 1.82) is 0 Å². The monoisotopic (exact) mass is 373 g/mol. The summed E-state index contributed by atoms with van der Waals surface area (Å²) in [6.07, 6.45) is 0. The number of aromatic hydroxyl groups is 1. The van der Waals surface area contributed by atoms with Crippen molar-refractivity contribution in [1.82, 2.24) is 0 Å². The molecule has 0 atom stereocenters. The standard InChI is InChI=1S/C17H15N3O5S/c1-25-15-8-10(6-7-13(15)18)19-20-17-12-5-3-2-4-11(12)16(9-14(17)21)26(22,23)24/h2-9,21H,18H2,1H3,(H,22,23,24)/b20-19+. The minimum absolute atomic E-state index is 0.0730. The van der Waals surface area contributed by atoms with Crippen LogP contribution in [0.5, 0.6) is 11.5 Å². The minimum atomic E-state index is -4.51. The summed E-state index contributed by atoms with van der Waals surface area (Å²) >= 11 is 0. The smallest absolute Gasteiger partial charge is 0.295 e. The molecule has 26 heavy (non-hydrogen) atoms. The van der Waals surface area contributed by atoms with Gasteiger partial charge in [-0.2, -0.15) is 13.5 Å². The largest absolute Gasteiger partial charge is 0.506 e. The lowest BCUT2D eigenvalue weighted by molar-refractivity contribution is 0.417. The van der Waals surface area contributed by atoms with Crippen LogP contribution in [0.25, 0.3) is 10.8 Å². The van der Waals surface area contributed by atoms with Gasteiger partial charge in [-0.25, -0.2) is 0 Å². The lowest BCUT2D eigenvalue weighted by Crippen LogP contribution is -1.99. The molecule has 0 aliphatic carbocycles. The number of benzene rings is 3. The van der Waals surface area contributed by atoms with Crippen LogP contribution in [0.2, 0.25) is 0 Å². The van der Waals surface area contributed by atoms with Crippen molar-refractivity contribution < 1.29 is 22.8 Å². The number of fused-ring (bicyclic) bond motifs is 1. The molecular weight excluding hydrogens is 358 g/mol. The predicted octanol–water partition coefficient (Wildman–Crippen LogP) is 3.80. The second kappa shape index (κ2) is 6.62. The summed E-state index contributed by atoms with van der Waals surface area (Å²) in [4.78, 5) is -0.404. The fourth-order valence-corrected chi connectivity index (χ4v) is 3.22. The van der Waals surface area contributed by atoms with Gasteiger partial charge in [0, 0.05) is 22.9 Å². The van der Waals surface area contributed by atoms with Crippen LogP contribution in [0.15, 0.2) is 63.7 Å². The van der Waals surface area contributed by atoms with E-state index in [1.807, 2.05) is 0 Å². The zero-order valence-corrected chi connectivity index (χ0v) is 14.4. The van der Waals surface area contributed by atoms with Crippen molar-refractivity contribution in [3.05, 3.63) is 48.5 Å². The third-order valence-electron chi connectivity index (χ3n) is 3.72. The molecule has 8 nitrogen and oxygen atoms in total. The van der Waals surface area contributed by atoms with E-state index in [1.165, 1.54) is 13.2 Å². The summed E-state index contributed by atoms with van der Waals surface area (Å²) in [5.41, 5.74) is 6.69. The lowest BCUT2D eigenvalue weighted by atomic mass is 10.1. The Labute approximate surface area is 149 Å². The molecule has 3 rings (SSSR count). The number of azo groups is 1. The fourth-order valence-electron chi connectivity index (χ4n) is 2.50. The van der Waals surface area contributed by atoms with Crippen LogP contribution in [0, 0.1) is 0 Å². The van der Waals surface area contributed by atoms with Gasteiger partial charge < -0.3 is 15.6 Å². The van der Waals surface area contributed by atoms with Gasteiger partial charge in [-0.1, -0.05) is 24.3 Å². The molecule has 0 spiro atoms. The van der Waals surface area contributed by atoms with Crippen LogP contribution in [-0.2, 0) is 10.1 Å². The molecule has 0 amide bonds. The number of anilines is 1. The second-order valence-corrected chi connectivity index (χ2v) is 6.78. The number of hydrogen-bond donors (Lipinski definition) is 3. The topological polar surface area (TPSA) is 135 Å². The Morgan fingerprint density at radius 2 is 1.73 bits per heavy atom. The quantitative estimate of drug-likeness (QED) is 0.362. The summed E-state index contributed by atoms with van der Waals surface area (Å²) in [6, 6.07) is 12.1. The van der Waals surface area contributed by atoms with Gasteiger partial charge in [0.25, 0.3) is 10.1 Å². The highest BCUT2D eigenvalue weighted by molar-refractivity contribution is 7.86. The molecule has 9 heteroatoms. The maximum Gasteiger partial charge on any atom is 0.295 e. The van der Waals surface area contributed by atoms with Crippen molar-refractivity contribution in [3.63, 3.8) is 0 Å². The Hall–Kier alpha value is -3.17. The zero-order valence-electron chi connectivity index (χ0n) is 13.6. The molecule has 0 aliphatic rings. The minimum Gasteiger partial charge on any atom is -0.506 e. The summed E-state index contributed by atoms with van der Waals surface area (Å²) < 4.78 is 37.6. The van der Waals surface area contributed by atoms with Crippen LogP contribution in [0.4, 0.5) is 17.1 Å². The molecule has 0 aromatic heterocycles. The zero-order chi connectivity index (χ0) is 18.9. The molecule has 3 aromatic rings. The molecule has 134 valence electrons. The maximum absolute atomic E-state index is 11.6. The van der Waals surface area contributed by atoms with Crippen molar-refractivity contribution in [2.45, 2.75) is 4.90 Å². The Kier molecular flexibility index (Phi) is 4.49. The van der Waals surface area contributed by atoms with E-state index in [0.717, 1.165) is 6.07 Å². The van der Waals surface area contributed by atoms with Gasteiger partial charge in [0.15, 0.2) is 0 Å². The number of nitrogens with zero attached hydrogens (tertiary/aromatic N) is 2. The Morgan fingerprint density at radius 1 is 1.04 bits per heavy atom. The number of nitrogens with two attached hydrogens (primary N) is 1. The first kappa shape index (κ1) is 17.6. The van der Waals surface area contributed by atoms with Crippen LogP contribution >= 0.6 is 0 Å². The average molecular weight is 373 g/mol. The van der Waals surface area contributed by atoms with Crippen LogP contribution < -0.4 is 10.5 Å². The first-order chi connectivity index (χ1) is 12.3. The van der Waals surface area contributed by atoms with E-state index in [1.54, 1.807) is 36.4 Å². The predicted molar refractivity (Wildman–Crippen MR) is 97.0 cm³/mol. The number of methoxy groups -OCH3 is 1. The number of phenolic OH excluding ortho intramolecular Hbond substituents is 1. The van der Waals surface area contributed by atoms with Crippen LogP contribution in [0.1, 0.15) is 0 Å². The van der Waals surface area contributed by atoms with Gasteiger partial charge in [-0.3, -0.25) is 4.55 Å². The molecule has 0 saturated carbocycles. The number of hydrogen-bond acceptors (Lipinski definition) is 7. The SMILES string of the molecule is COc1cc(/N=N/c2c(O)cc(S(=O)(=O)O)c3ccccc23)ccc1N. The van der Waals surface area contributed by atoms with Gasteiger partial charge >= 0.3 is 0 Å². The summed E-state index contributed by atoms with van der Waals surface area (Å²) in [5.74, 6) is -0.000244. The number of rotatable bonds is 4. The fraction of sp³-hybridized carbons (Fsp3) is 0.0588. The van der Waals surface area contributed by atoms with Crippen molar-refractivity contribution >= 4 is 38.0 Å². The van der Waals surface area contributed by atoms with Gasteiger partial charge in [-0.05, 0) is 12.1 Å². The summed E-state index contributed by atoms with van der Waals surface area (Å²) in [6.45, 7) is 0. The van der Waals surface area contributed by atoms with E-state index in [2.05, 4.69) is 10.2 Å². The highest BCUT2D eigenvalue weighted by atomic mass is 32.2. The lowest BCUT2D eigenvalue weighted by Gasteiger charge is -2.08. The molecule has 0 bridgehead atoms. The van der Waals surface area contributed by atoms with E-state index < -0.39 is 20.8 Å². The van der Waals surface area contributed by atoms with E-state index in [4.69, 9.17) is 10.5 Å². The highest BCUT2D eigenvalue weighted by Crippen LogP contribution is 2.40. The molecule has 0 saturated heterocycles. The van der Waals surface area contributed by atoms with Crippen molar-refractivity contribution in [3.8, 4) is 11.5 Å². The molecule has 4 N–H and O–H groups in total. The highest BCUT2D eigenvalue weighted by Gasteiger charge is 2.19. The van der Waals surface area contributed by atoms with E-state index in [0.29, 0.717) is 22.5 Å². The Morgan fingerprint density at radius 3 is 2.38 bits per heavy atom. The average Bonchev–Trinajstić information content (AvgIpc) is 2.60. The number of ether oxygens (including phenoxy) is 1.